The van der Waals surface area contributed by atoms with E-state index in [9.17, 15) is 4.79 Å². The Morgan fingerprint density at radius 2 is 2.17 bits per heavy atom. The fourth-order valence-corrected chi connectivity index (χ4v) is 1.71. The molecule has 0 aliphatic carbocycles. The Kier molecular flexibility index (Phi) is 3.32. The van der Waals surface area contributed by atoms with Crippen molar-refractivity contribution in [1.82, 2.24) is 4.98 Å². The van der Waals surface area contributed by atoms with E-state index in [1.807, 2.05) is 6.92 Å². The van der Waals surface area contributed by atoms with Crippen molar-refractivity contribution < 1.29 is 19.4 Å². The molecule has 0 fully saturated rings. The summed E-state index contributed by atoms with van der Waals surface area (Å²) in [5.41, 5.74) is 0.527. The van der Waals surface area contributed by atoms with E-state index in [0.29, 0.717) is 23.6 Å². The molecule has 0 amide bonds. The van der Waals surface area contributed by atoms with Crippen LogP contribution < -0.4 is 9.47 Å². The topological polar surface area (TPSA) is 68.7 Å². The highest BCUT2D eigenvalue weighted by Crippen LogP contribution is 2.28. The van der Waals surface area contributed by atoms with Gasteiger partial charge in [0.2, 0.25) is 0 Å². The molecule has 0 aliphatic rings. The molecular formula is C13H13NO4. The summed E-state index contributed by atoms with van der Waals surface area (Å²) in [6.45, 7) is 2.46. The summed E-state index contributed by atoms with van der Waals surface area (Å²) < 4.78 is 10.6. The van der Waals surface area contributed by atoms with Gasteiger partial charge < -0.3 is 14.6 Å². The van der Waals surface area contributed by atoms with Crippen LogP contribution in [0.15, 0.2) is 24.3 Å². The first-order valence-corrected chi connectivity index (χ1v) is 5.50. The molecule has 5 heteroatoms. The first kappa shape index (κ1) is 12.2. The first-order chi connectivity index (χ1) is 8.65. The molecule has 18 heavy (non-hydrogen) atoms. The number of fused-ring (bicyclic) bond motifs is 1. The van der Waals surface area contributed by atoms with Crippen molar-refractivity contribution in [3.8, 4) is 11.5 Å². The Balaban J connectivity index is 2.63. The van der Waals surface area contributed by atoms with E-state index in [0.717, 1.165) is 5.39 Å². The fraction of sp³-hybridized carbons (Fsp3) is 0.231. The van der Waals surface area contributed by atoms with Gasteiger partial charge in [-0.1, -0.05) is 0 Å². The van der Waals surface area contributed by atoms with Gasteiger partial charge in [-0.3, -0.25) is 0 Å². The number of hydrogen-bond acceptors (Lipinski definition) is 4. The van der Waals surface area contributed by atoms with E-state index in [2.05, 4.69) is 4.98 Å². The van der Waals surface area contributed by atoms with E-state index >= 15 is 0 Å². The molecule has 0 bridgehead atoms. The molecular weight excluding hydrogens is 234 g/mol. The molecule has 2 rings (SSSR count). The Hall–Kier alpha value is -2.30. The van der Waals surface area contributed by atoms with Crippen LogP contribution in [0.1, 0.15) is 17.4 Å². The van der Waals surface area contributed by atoms with Gasteiger partial charge in [-0.05, 0) is 25.1 Å². The maximum Gasteiger partial charge on any atom is 0.354 e. The van der Waals surface area contributed by atoms with Crippen molar-refractivity contribution in [2.24, 2.45) is 0 Å². The quantitative estimate of drug-likeness (QED) is 0.898. The van der Waals surface area contributed by atoms with Crippen LogP contribution in [-0.4, -0.2) is 29.8 Å². The summed E-state index contributed by atoms with van der Waals surface area (Å²) in [5.74, 6) is 0.0937. The van der Waals surface area contributed by atoms with Gasteiger partial charge in [0.15, 0.2) is 5.69 Å². The largest absolute Gasteiger partial charge is 0.496 e. The molecule has 0 aliphatic heterocycles. The highest BCUT2D eigenvalue weighted by atomic mass is 16.5. The van der Waals surface area contributed by atoms with Crippen LogP contribution in [0.5, 0.6) is 11.5 Å². The van der Waals surface area contributed by atoms with Crippen molar-refractivity contribution >= 4 is 16.9 Å². The Labute approximate surface area is 104 Å². The molecule has 0 spiro atoms. The van der Waals surface area contributed by atoms with Gasteiger partial charge in [0.25, 0.3) is 0 Å². The minimum Gasteiger partial charge on any atom is -0.496 e. The van der Waals surface area contributed by atoms with Crippen LogP contribution in [0.3, 0.4) is 0 Å². The third-order valence-corrected chi connectivity index (χ3v) is 2.49. The van der Waals surface area contributed by atoms with Crippen molar-refractivity contribution in [1.29, 1.82) is 0 Å². The summed E-state index contributed by atoms with van der Waals surface area (Å²) in [6, 6.07) is 6.66. The number of hydrogen-bond donors (Lipinski definition) is 1. The van der Waals surface area contributed by atoms with Crippen molar-refractivity contribution in [3.63, 3.8) is 0 Å². The van der Waals surface area contributed by atoms with Gasteiger partial charge >= 0.3 is 5.97 Å². The summed E-state index contributed by atoms with van der Waals surface area (Å²) >= 11 is 0. The minimum atomic E-state index is -1.08. The number of aromatic nitrogens is 1. The number of methoxy groups -OCH3 is 1. The summed E-state index contributed by atoms with van der Waals surface area (Å²) in [4.78, 5) is 15.0. The zero-order chi connectivity index (χ0) is 13.1. The summed E-state index contributed by atoms with van der Waals surface area (Å²) in [5, 5.41) is 9.69. The van der Waals surface area contributed by atoms with Crippen molar-refractivity contribution in [2.75, 3.05) is 13.7 Å². The number of ether oxygens (including phenoxy) is 2. The number of nitrogens with zero attached hydrogens (tertiary/aromatic N) is 1. The standard InChI is InChI=1S/C13H13NO4/c1-3-18-8-4-5-10-9(6-8)12(17-2)7-11(14-10)13(15)16/h4-7H,3H2,1-2H3,(H,15,16). The second kappa shape index (κ2) is 4.91. The number of carboxylic acid groups (broad SMARTS) is 1. The maximum absolute atomic E-state index is 10.9. The smallest absolute Gasteiger partial charge is 0.354 e. The van der Waals surface area contributed by atoms with E-state index in [-0.39, 0.29) is 5.69 Å². The number of pyridine rings is 1. The molecule has 0 radical (unpaired) electrons. The normalized spacial score (nSPS) is 10.3. The SMILES string of the molecule is CCOc1ccc2nc(C(=O)O)cc(OC)c2c1. The summed E-state index contributed by atoms with van der Waals surface area (Å²) in [6.07, 6.45) is 0. The van der Waals surface area contributed by atoms with E-state index in [1.54, 1.807) is 18.2 Å². The Bertz CT molecular complexity index is 595. The molecule has 1 N–H and O–H groups in total. The molecule has 94 valence electrons. The van der Waals surface area contributed by atoms with Crippen LogP contribution in [0.2, 0.25) is 0 Å². The molecule has 5 nitrogen and oxygen atoms in total. The van der Waals surface area contributed by atoms with Gasteiger partial charge in [-0.25, -0.2) is 9.78 Å². The Morgan fingerprint density at radius 1 is 1.39 bits per heavy atom. The lowest BCUT2D eigenvalue weighted by molar-refractivity contribution is 0.0690. The van der Waals surface area contributed by atoms with Crippen LogP contribution in [0, 0.1) is 0 Å². The predicted octanol–water partition coefficient (Wildman–Crippen LogP) is 2.34. The van der Waals surface area contributed by atoms with Crippen molar-refractivity contribution in [3.05, 3.63) is 30.0 Å². The van der Waals surface area contributed by atoms with Gasteiger partial charge in [-0.2, -0.15) is 0 Å². The molecule has 1 aromatic heterocycles. The van der Waals surface area contributed by atoms with Crippen LogP contribution >= 0.6 is 0 Å². The zero-order valence-electron chi connectivity index (χ0n) is 10.1. The highest BCUT2D eigenvalue weighted by molar-refractivity contribution is 5.93. The molecule has 0 unspecified atom stereocenters. The zero-order valence-corrected chi connectivity index (χ0v) is 10.1. The third kappa shape index (κ3) is 2.20. The second-order valence-electron chi connectivity index (χ2n) is 3.63. The highest BCUT2D eigenvalue weighted by Gasteiger charge is 2.12. The molecule has 0 saturated carbocycles. The van der Waals surface area contributed by atoms with E-state index in [4.69, 9.17) is 14.6 Å². The average molecular weight is 247 g/mol. The number of rotatable bonds is 4. The third-order valence-electron chi connectivity index (χ3n) is 2.49. The predicted molar refractivity (Wildman–Crippen MR) is 66.4 cm³/mol. The first-order valence-electron chi connectivity index (χ1n) is 5.50. The van der Waals surface area contributed by atoms with Gasteiger partial charge in [0, 0.05) is 11.5 Å². The lowest BCUT2D eigenvalue weighted by Gasteiger charge is -2.09. The number of carboxylic acids is 1. The lowest BCUT2D eigenvalue weighted by Crippen LogP contribution is -2.02. The number of carbonyl (C=O) groups is 1. The summed E-state index contributed by atoms with van der Waals surface area (Å²) in [7, 11) is 1.49. The molecule has 0 atom stereocenters. The molecule has 1 aromatic carbocycles. The fourth-order valence-electron chi connectivity index (χ4n) is 1.71. The number of benzene rings is 1. The second-order valence-corrected chi connectivity index (χ2v) is 3.63. The van der Waals surface area contributed by atoms with Gasteiger partial charge in [0.05, 0.1) is 19.2 Å². The lowest BCUT2D eigenvalue weighted by atomic mass is 10.1. The average Bonchev–Trinajstić information content (AvgIpc) is 2.37. The van der Waals surface area contributed by atoms with Crippen LogP contribution in [0.4, 0.5) is 0 Å². The van der Waals surface area contributed by atoms with Crippen LogP contribution in [-0.2, 0) is 0 Å². The van der Waals surface area contributed by atoms with Gasteiger partial charge in [0.1, 0.15) is 11.5 Å². The van der Waals surface area contributed by atoms with Crippen molar-refractivity contribution in [2.45, 2.75) is 6.92 Å². The van der Waals surface area contributed by atoms with E-state index in [1.165, 1.54) is 13.2 Å². The minimum absolute atomic E-state index is 0.0384. The molecule has 0 saturated heterocycles. The molecule has 2 aromatic rings. The molecule has 1 heterocycles. The Morgan fingerprint density at radius 3 is 2.78 bits per heavy atom. The monoisotopic (exact) mass is 247 g/mol. The maximum atomic E-state index is 10.9. The van der Waals surface area contributed by atoms with Crippen LogP contribution in [0.25, 0.3) is 10.9 Å². The van der Waals surface area contributed by atoms with E-state index < -0.39 is 5.97 Å². The van der Waals surface area contributed by atoms with Gasteiger partial charge in [-0.15, -0.1) is 0 Å². The number of aromatic carboxylic acids is 1.